The third-order valence-electron chi connectivity index (χ3n) is 7.66. The van der Waals surface area contributed by atoms with Gasteiger partial charge in [0.1, 0.15) is 23.0 Å². The van der Waals surface area contributed by atoms with Crippen LogP contribution in [0.3, 0.4) is 0 Å². The van der Waals surface area contributed by atoms with E-state index < -0.39 is 12.2 Å². The van der Waals surface area contributed by atoms with E-state index in [-0.39, 0.29) is 24.7 Å². The van der Waals surface area contributed by atoms with Crippen LogP contribution in [0.4, 0.5) is 21.0 Å². The van der Waals surface area contributed by atoms with Crippen molar-refractivity contribution in [3.05, 3.63) is 84.9 Å². The van der Waals surface area contributed by atoms with Crippen LogP contribution in [0.2, 0.25) is 0 Å². The van der Waals surface area contributed by atoms with Crippen LogP contribution < -0.4 is 15.4 Å². The standard InChI is InChI=1S/C40H48N2O9/c1-3-5-21-47-23-7-25-49-39(45)41-37-27-33(17-19-35(37)29-9-13-31(43)14-10-29)51-34-18-20-36(30-11-15-32(44)16-12-30)38(28-34)42-40(46)50-26-8-24-48-22-6-4-2/h9-20,27-28,43-44H,3-8,21-26H2,1-2H3,(H,41,45)(H,42,46). The molecule has 2 amide bonds. The molecule has 0 fully saturated rings. The van der Waals surface area contributed by atoms with E-state index in [1.165, 1.54) is 0 Å². The van der Waals surface area contributed by atoms with E-state index in [2.05, 4.69) is 24.5 Å². The molecule has 0 aliphatic heterocycles. The van der Waals surface area contributed by atoms with Crippen molar-refractivity contribution in [2.24, 2.45) is 0 Å². The van der Waals surface area contributed by atoms with Gasteiger partial charge in [0.25, 0.3) is 0 Å². The van der Waals surface area contributed by atoms with Crippen LogP contribution in [0.5, 0.6) is 23.0 Å². The fraction of sp³-hybridized carbons (Fsp3) is 0.350. The zero-order valence-electron chi connectivity index (χ0n) is 29.3. The highest BCUT2D eigenvalue weighted by Crippen LogP contribution is 2.37. The number of phenols is 2. The smallest absolute Gasteiger partial charge is 0.411 e. The molecular formula is C40H48N2O9. The Bertz CT molecular complexity index is 1540. The first-order valence-corrected chi connectivity index (χ1v) is 17.4. The van der Waals surface area contributed by atoms with E-state index in [0.717, 1.165) is 36.8 Å². The zero-order chi connectivity index (χ0) is 36.3. The Morgan fingerprint density at radius 1 is 0.529 bits per heavy atom. The summed E-state index contributed by atoms with van der Waals surface area (Å²) in [5.41, 5.74) is 3.76. The summed E-state index contributed by atoms with van der Waals surface area (Å²) in [4.78, 5) is 25.6. The number of aromatic hydroxyl groups is 2. The van der Waals surface area contributed by atoms with Gasteiger partial charge in [-0.1, -0.05) is 51.0 Å². The SMILES string of the molecule is CCCCOCCCOC(=O)Nc1cc(Oc2ccc(-c3ccc(O)cc3)c(NC(=O)OCCCOCCCC)c2)ccc1-c1ccc(O)cc1. The van der Waals surface area contributed by atoms with Gasteiger partial charge in [0.05, 0.1) is 24.6 Å². The van der Waals surface area contributed by atoms with E-state index in [1.54, 1.807) is 84.9 Å². The van der Waals surface area contributed by atoms with Crippen molar-refractivity contribution >= 4 is 23.6 Å². The number of hydrogen-bond donors (Lipinski definition) is 4. The molecule has 0 aromatic heterocycles. The Hall–Kier alpha value is -5.26. The number of ether oxygens (including phenoxy) is 5. The molecular weight excluding hydrogens is 652 g/mol. The molecule has 0 aliphatic rings. The van der Waals surface area contributed by atoms with E-state index in [0.29, 0.717) is 73.3 Å². The lowest BCUT2D eigenvalue weighted by Gasteiger charge is -2.16. The Labute approximate surface area is 299 Å². The summed E-state index contributed by atoms with van der Waals surface area (Å²) >= 11 is 0. The second-order valence-corrected chi connectivity index (χ2v) is 11.8. The minimum absolute atomic E-state index is 0.120. The average molecular weight is 701 g/mol. The zero-order valence-corrected chi connectivity index (χ0v) is 29.3. The third kappa shape index (κ3) is 13.2. The first kappa shape index (κ1) is 38.5. The molecule has 0 spiro atoms. The summed E-state index contributed by atoms with van der Waals surface area (Å²) < 4.78 is 28.1. The van der Waals surface area contributed by atoms with E-state index in [9.17, 15) is 19.8 Å². The normalized spacial score (nSPS) is 10.8. The van der Waals surface area contributed by atoms with Gasteiger partial charge < -0.3 is 33.9 Å². The van der Waals surface area contributed by atoms with Crippen molar-refractivity contribution in [3.63, 3.8) is 0 Å². The van der Waals surface area contributed by atoms with Gasteiger partial charge >= 0.3 is 12.2 Å². The van der Waals surface area contributed by atoms with Crippen LogP contribution in [-0.4, -0.2) is 62.0 Å². The van der Waals surface area contributed by atoms with Gasteiger partial charge in [0.2, 0.25) is 0 Å². The summed E-state index contributed by atoms with van der Waals surface area (Å²) in [7, 11) is 0. The third-order valence-corrected chi connectivity index (χ3v) is 7.66. The van der Waals surface area contributed by atoms with Crippen LogP contribution >= 0.6 is 0 Å². The number of amides is 2. The van der Waals surface area contributed by atoms with Gasteiger partial charge in [0.15, 0.2) is 0 Å². The highest BCUT2D eigenvalue weighted by Gasteiger charge is 2.15. The summed E-state index contributed by atoms with van der Waals surface area (Å²) in [5, 5.41) is 25.3. The highest BCUT2D eigenvalue weighted by molar-refractivity contribution is 5.93. The second-order valence-electron chi connectivity index (χ2n) is 11.8. The van der Waals surface area contributed by atoms with Gasteiger partial charge in [0, 0.05) is 62.5 Å². The molecule has 4 aromatic rings. The van der Waals surface area contributed by atoms with Gasteiger partial charge in [-0.2, -0.15) is 0 Å². The molecule has 4 aromatic carbocycles. The maximum Gasteiger partial charge on any atom is 0.411 e. The molecule has 11 nitrogen and oxygen atoms in total. The molecule has 0 bridgehead atoms. The van der Waals surface area contributed by atoms with Crippen molar-refractivity contribution in [2.75, 3.05) is 50.3 Å². The lowest BCUT2D eigenvalue weighted by Crippen LogP contribution is -2.16. The maximum absolute atomic E-state index is 12.8. The fourth-order valence-corrected chi connectivity index (χ4v) is 4.94. The molecule has 4 rings (SSSR count). The first-order valence-electron chi connectivity index (χ1n) is 17.4. The minimum atomic E-state index is -0.628. The lowest BCUT2D eigenvalue weighted by molar-refractivity contribution is 0.103. The monoisotopic (exact) mass is 700 g/mol. The molecule has 0 saturated heterocycles. The van der Waals surface area contributed by atoms with Gasteiger partial charge in [-0.25, -0.2) is 9.59 Å². The van der Waals surface area contributed by atoms with Crippen LogP contribution in [0, 0.1) is 0 Å². The predicted octanol–water partition coefficient (Wildman–Crippen LogP) is 9.73. The Morgan fingerprint density at radius 2 is 0.922 bits per heavy atom. The van der Waals surface area contributed by atoms with Crippen molar-refractivity contribution < 1.29 is 43.5 Å². The molecule has 0 radical (unpaired) electrons. The highest BCUT2D eigenvalue weighted by atomic mass is 16.6. The van der Waals surface area contributed by atoms with E-state index in [1.807, 2.05) is 0 Å². The van der Waals surface area contributed by atoms with Crippen LogP contribution in [0.25, 0.3) is 22.3 Å². The van der Waals surface area contributed by atoms with Crippen LogP contribution in [0.15, 0.2) is 84.9 Å². The van der Waals surface area contributed by atoms with Crippen molar-refractivity contribution in [3.8, 4) is 45.3 Å². The van der Waals surface area contributed by atoms with Crippen molar-refractivity contribution in [2.45, 2.75) is 52.4 Å². The number of phenolic OH excluding ortho intramolecular Hbond substituents is 2. The number of rotatable bonds is 20. The first-order chi connectivity index (χ1) is 24.9. The number of benzene rings is 4. The molecule has 0 unspecified atom stereocenters. The Morgan fingerprint density at radius 3 is 1.31 bits per heavy atom. The number of anilines is 2. The van der Waals surface area contributed by atoms with Gasteiger partial charge in [-0.15, -0.1) is 0 Å². The number of carbonyl (C=O) groups excluding carboxylic acids is 2. The number of hydrogen-bond acceptors (Lipinski definition) is 9. The largest absolute Gasteiger partial charge is 0.508 e. The molecule has 0 heterocycles. The maximum atomic E-state index is 12.8. The van der Waals surface area contributed by atoms with Gasteiger partial charge in [-0.3, -0.25) is 10.6 Å². The molecule has 11 heteroatoms. The minimum Gasteiger partial charge on any atom is -0.508 e. The molecule has 0 aliphatic carbocycles. The summed E-state index contributed by atoms with van der Waals surface area (Å²) in [6.45, 7) is 6.96. The topological polar surface area (TPSA) is 145 Å². The van der Waals surface area contributed by atoms with Crippen molar-refractivity contribution in [1.82, 2.24) is 0 Å². The summed E-state index contributed by atoms with van der Waals surface area (Å²) in [5.74, 6) is 1.06. The fourth-order valence-electron chi connectivity index (χ4n) is 4.94. The average Bonchev–Trinajstić information content (AvgIpc) is 3.12. The van der Waals surface area contributed by atoms with Gasteiger partial charge in [-0.05, 0) is 72.5 Å². The number of nitrogens with one attached hydrogen (secondary N) is 2. The van der Waals surface area contributed by atoms with E-state index >= 15 is 0 Å². The number of carbonyl (C=O) groups is 2. The number of unbranched alkanes of at least 4 members (excludes halogenated alkanes) is 2. The van der Waals surface area contributed by atoms with Crippen molar-refractivity contribution in [1.29, 1.82) is 0 Å². The molecule has 4 N–H and O–H groups in total. The predicted molar refractivity (Wildman–Crippen MR) is 198 cm³/mol. The molecule has 0 atom stereocenters. The van der Waals surface area contributed by atoms with E-state index in [4.69, 9.17) is 23.7 Å². The molecule has 51 heavy (non-hydrogen) atoms. The Kier molecular flexibility index (Phi) is 15.9. The lowest BCUT2D eigenvalue weighted by atomic mass is 10.0. The molecule has 272 valence electrons. The van der Waals surface area contributed by atoms with Crippen LogP contribution in [-0.2, 0) is 18.9 Å². The second kappa shape index (κ2) is 21.1. The summed E-state index contributed by atoms with van der Waals surface area (Å²) in [6.07, 6.45) is 3.97. The Balaban J connectivity index is 1.50. The van der Waals surface area contributed by atoms with Crippen LogP contribution in [0.1, 0.15) is 52.4 Å². The molecule has 0 saturated carbocycles. The summed E-state index contributed by atoms with van der Waals surface area (Å²) in [6, 6.07) is 23.7. The quantitative estimate of drug-likeness (QED) is 0.0662.